The van der Waals surface area contributed by atoms with Crippen molar-refractivity contribution in [2.45, 2.75) is 40.0 Å². The minimum absolute atomic E-state index is 0. The maximum Gasteiger partial charge on any atom is 0.191 e. The summed E-state index contributed by atoms with van der Waals surface area (Å²) in [5.41, 5.74) is 1.30. The van der Waals surface area contributed by atoms with Crippen LogP contribution in [0.5, 0.6) is 0 Å². The number of unbranched alkanes of at least 4 members (excludes halogenated alkanes) is 1. The monoisotopic (exact) mass is 544 g/mol. The standard InChI is InChI=1S/C24H44N6.HI/c1-4-25-24(26-15-10-11-17-29-21-19-28(5-2)20-22-29)27-16-12-18-30(6-3)23-13-8-7-9-14-23;/h7-9,13-14H,4-6,10-12,15-22H2,1-3H3,(H2,25,26,27);1H. The highest BCUT2D eigenvalue weighted by Gasteiger charge is 2.14. The summed E-state index contributed by atoms with van der Waals surface area (Å²) in [5, 5.41) is 6.88. The predicted octanol–water partition coefficient (Wildman–Crippen LogP) is 3.49. The molecule has 1 aromatic carbocycles. The van der Waals surface area contributed by atoms with Crippen LogP contribution in [0.3, 0.4) is 0 Å². The van der Waals surface area contributed by atoms with Gasteiger partial charge in [-0.1, -0.05) is 25.1 Å². The number of aliphatic imine (C=N–C) groups is 1. The fourth-order valence-corrected chi connectivity index (χ4v) is 3.90. The number of rotatable bonds is 13. The molecule has 1 aliphatic rings. The van der Waals surface area contributed by atoms with Crippen LogP contribution in [-0.2, 0) is 0 Å². The molecule has 0 radical (unpaired) electrons. The minimum Gasteiger partial charge on any atom is -0.372 e. The van der Waals surface area contributed by atoms with Gasteiger partial charge in [-0.05, 0) is 58.3 Å². The molecule has 1 aromatic rings. The van der Waals surface area contributed by atoms with Crippen LogP contribution >= 0.6 is 24.0 Å². The molecule has 2 rings (SSSR count). The lowest BCUT2D eigenvalue weighted by Gasteiger charge is -2.34. The van der Waals surface area contributed by atoms with Crippen molar-refractivity contribution < 1.29 is 0 Å². The van der Waals surface area contributed by atoms with E-state index >= 15 is 0 Å². The second-order valence-corrected chi connectivity index (χ2v) is 7.94. The van der Waals surface area contributed by atoms with Crippen molar-refractivity contribution in [1.29, 1.82) is 0 Å². The van der Waals surface area contributed by atoms with Gasteiger partial charge >= 0.3 is 0 Å². The number of hydrogen-bond acceptors (Lipinski definition) is 4. The molecule has 0 unspecified atom stereocenters. The summed E-state index contributed by atoms with van der Waals surface area (Å²) >= 11 is 0. The zero-order valence-corrected chi connectivity index (χ0v) is 22.3. The number of piperazine rings is 1. The molecule has 0 atom stereocenters. The van der Waals surface area contributed by atoms with Crippen LogP contribution < -0.4 is 15.5 Å². The SMILES string of the molecule is CCNC(=NCCCN(CC)c1ccccc1)NCCCCN1CCN(CC)CC1.I. The molecule has 6 nitrogen and oxygen atoms in total. The number of anilines is 1. The summed E-state index contributed by atoms with van der Waals surface area (Å²) in [7, 11) is 0. The second kappa shape index (κ2) is 17.5. The van der Waals surface area contributed by atoms with Gasteiger partial charge in [0.15, 0.2) is 5.96 Å². The number of nitrogens with one attached hydrogen (secondary N) is 2. The highest BCUT2D eigenvalue weighted by Crippen LogP contribution is 2.12. The molecule has 0 amide bonds. The van der Waals surface area contributed by atoms with E-state index in [1.165, 1.54) is 57.8 Å². The third-order valence-electron chi connectivity index (χ3n) is 5.81. The fourth-order valence-electron chi connectivity index (χ4n) is 3.90. The van der Waals surface area contributed by atoms with Crippen molar-refractivity contribution >= 4 is 35.6 Å². The van der Waals surface area contributed by atoms with Crippen molar-refractivity contribution in [2.24, 2.45) is 4.99 Å². The van der Waals surface area contributed by atoms with Crippen LogP contribution in [0.15, 0.2) is 35.3 Å². The first-order valence-corrected chi connectivity index (χ1v) is 12.0. The van der Waals surface area contributed by atoms with E-state index in [9.17, 15) is 0 Å². The Morgan fingerprint density at radius 3 is 2.29 bits per heavy atom. The Kier molecular flexibility index (Phi) is 15.8. The van der Waals surface area contributed by atoms with Crippen LogP contribution in [0.1, 0.15) is 40.0 Å². The van der Waals surface area contributed by atoms with Crippen molar-refractivity contribution in [2.75, 3.05) is 76.9 Å². The number of guanidine groups is 1. The van der Waals surface area contributed by atoms with Gasteiger partial charge in [0, 0.05) is 64.6 Å². The first-order chi connectivity index (χ1) is 14.8. The smallest absolute Gasteiger partial charge is 0.191 e. The molecule has 178 valence electrons. The molecule has 31 heavy (non-hydrogen) atoms. The Balaban J connectivity index is 0.00000480. The lowest BCUT2D eigenvalue weighted by molar-refractivity contribution is 0.136. The Hall–Kier alpha value is -1.06. The molecule has 0 saturated carbocycles. The van der Waals surface area contributed by atoms with E-state index in [0.717, 1.165) is 45.1 Å². The van der Waals surface area contributed by atoms with Gasteiger partial charge in [0.1, 0.15) is 0 Å². The molecule has 1 heterocycles. The highest BCUT2D eigenvalue weighted by atomic mass is 127. The predicted molar refractivity (Wildman–Crippen MR) is 146 cm³/mol. The van der Waals surface area contributed by atoms with Crippen molar-refractivity contribution in [3.8, 4) is 0 Å². The van der Waals surface area contributed by atoms with Crippen LogP contribution in [0.2, 0.25) is 0 Å². The third-order valence-corrected chi connectivity index (χ3v) is 5.81. The van der Waals surface area contributed by atoms with Gasteiger partial charge < -0.3 is 25.3 Å². The van der Waals surface area contributed by atoms with Gasteiger partial charge in [0.05, 0.1) is 0 Å². The molecule has 0 aromatic heterocycles. The van der Waals surface area contributed by atoms with Gasteiger partial charge in [0.2, 0.25) is 0 Å². The number of benzene rings is 1. The first-order valence-electron chi connectivity index (χ1n) is 12.0. The molecule has 0 spiro atoms. The molecule has 1 saturated heterocycles. The lowest BCUT2D eigenvalue weighted by Crippen LogP contribution is -2.46. The molecule has 7 heteroatoms. The van der Waals surface area contributed by atoms with Crippen molar-refractivity contribution in [1.82, 2.24) is 20.4 Å². The summed E-state index contributed by atoms with van der Waals surface area (Å²) < 4.78 is 0. The number of para-hydroxylation sites is 1. The van der Waals surface area contributed by atoms with E-state index in [-0.39, 0.29) is 24.0 Å². The van der Waals surface area contributed by atoms with Gasteiger partial charge in [-0.2, -0.15) is 0 Å². The van der Waals surface area contributed by atoms with Crippen LogP contribution in [0.25, 0.3) is 0 Å². The fraction of sp³-hybridized carbons (Fsp3) is 0.708. The van der Waals surface area contributed by atoms with E-state index < -0.39 is 0 Å². The van der Waals surface area contributed by atoms with Gasteiger partial charge in [-0.3, -0.25) is 4.99 Å². The number of nitrogens with zero attached hydrogens (tertiary/aromatic N) is 4. The maximum absolute atomic E-state index is 4.77. The normalized spacial score (nSPS) is 15.4. The van der Waals surface area contributed by atoms with E-state index in [1.54, 1.807) is 0 Å². The van der Waals surface area contributed by atoms with Gasteiger partial charge in [0.25, 0.3) is 0 Å². The zero-order valence-electron chi connectivity index (χ0n) is 20.0. The number of likely N-dealkylation sites (N-methyl/N-ethyl adjacent to an activating group) is 1. The average molecular weight is 545 g/mol. The van der Waals surface area contributed by atoms with Crippen LogP contribution in [-0.4, -0.2) is 87.8 Å². The van der Waals surface area contributed by atoms with Gasteiger partial charge in [-0.25, -0.2) is 0 Å². The second-order valence-electron chi connectivity index (χ2n) is 7.94. The molecule has 0 bridgehead atoms. The van der Waals surface area contributed by atoms with Crippen LogP contribution in [0, 0.1) is 0 Å². The summed E-state index contributed by atoms with van der Waals surface area (Å²) in [5.74, 6) is 0.955. The molecule has 2 N–H and O–H groups in total. The summed E-state index contributed by atoms with van der Waals surface area (Å²) in [6, 6.07) is 10.6. The minimum atomic E-state index is 0. The van der Waals surface area contributed by atoms with Crippen molar-refractivity contribution in [3.63, 3.8) is 0 Å². The largest absolute Gasteiger partial charge is 0.372 e. The molecule has 0 aliphatic carbocycles. The highest BCUT2D eigenvalue weighted by molar-refractivity contribution is 14.0. The van der Waals surface area contributed by atoms with E-state index in [2.05, 4.69) is 76.4 Å². The van der Waals surface area contributed by atoms with E-state index in [4.69, 9.17) is 4.99 Å². The Morgan fingerprint density at radius 1 is 0.935 bits per heavy atom. The van der Waals surface area contributed by atoms with E-state index in [1.807, 2.05) is 0 Å². The average Bonchev–Trinajstić information content (AvgIpc) is 2.79. The third kappa shape index (κ3) is 11.4. The summed E-state index contributed by atoms with van der Waals surface area (Å²) in [4.78, 5) is 12.3. The summed E-state index contributed by atoms with van der Waals surface area (Å²) in [6.45, 7) is 18.7. The zero-order chi connectivity index (χ0) is 21.4. The summed E-state index contributed by atoms with van der Waals surface area (Å²) in [6.07, 6.45) is 3.50. The maximum atomic E-state index is 4.77. The van der Waals surface area contributed by atoms with Crippen LogP contribution in [0.4, 0.5) is 5.69 Å². The Bertz CT molecular complexity index is 575. The molecule has 1 aliphatic heterocycles. The Labute approximate surface area is 207 Å². The Morgan fingerprint density at radius 2 is 1.65 bits per heavy atom. The number of hydrogen-bond donors (Lipinski definition) is 2. The molecular formula is C24H45IN6. The molecule has 1 fully saturated rings. The first kappa shape index (κ1) is 28.0. The van der Waals surface area contributed by atoms with Gasteiger partial charge in [-0.15, -0.1) is 24.0 Å². The van der Waals surface area contributed by atoms with Crippen molar-refractivity contribution in [3.05, 3.63) is 30.3 Å². The topological polar surface area (TPSA) is 46.1 Å². The quantitative estimate of drug-likeness (QED) is 0.172. The number of halogens is 1. The molecular weight excluding hydrogens is 499 g/mol. The van der Waals surface area contributed by atoms with E-state index in [0.29, 0.717) is 0 Å². The lowest BCUT2D eigenvalue weighted by atomic mass is 10.2.